The molecule has 0 aliphatic rings. The number of amides is 1. The van der Waals surface area contributed by atoms with Gasteiger partial charge < -0.3 is 14.8 Å². The first kappa shape index (κ1) is 28.4. The van der Waals surface area contributed by atoms with Crippen LogP contribution < -0.4 is 10.0 Å². The number of methoxy groups -OCH3 is 1. The van der Waals surface area contributed by atoms with Crippen LogP contribution in [-0.2, 0) is 26.9 Å². The SMILES string of the molecule is COC(=O)[C@H](Cc1ccc(-c2ccccc2)cc1)NC(=O)c1cc(C)ccc1NS(=O)c1cc(Cl)ccc1Cl. The summed E-state index contributed by atoms with van der Waals surface area (Å²) in [6.07, 6.45) is 0.228. The predicted molar refractivity (Wildman–Crippen MR) is 157 cm³/mol. The van der Waals surface area contributed by atoms with Gasteiger partial charge in [0.15, 0.2) is 11.0 Å². The number of carbonyl (C=O) groups excluding carboxylic acids is 2. The number of esters is 1. The molecule has 0 aromatic heterocycles. The molecule has 2 N–H and O–H groups in total. The van der Waals surface area contributed by atoms with Crippen LogP contribution >= 0.6 is 23.2 Å². The lowest BCUT2D eigenvalue weighted by Crippen LogP contribution is -2.43. The third kappa shape index (κ3) is 7.26. The molecule has 0 aliphatic heterocycles. The van der Waals surface area contributed by atoms with Crippen LogP contribution in [0.3, 0.4) is 0 Å². The van der Waals surface area contributed by atoms with Crippen molar-refractivity contribution in [1.82, 2.24) is 5.32 Å². The van der Waals surface area contributed by atoms with E-state index < -0.39 is 28.9 Å². The minimum atomic E-state index is -1.80. The van der Waals surface area contributed by atoms with E-state index in [1.807, 2.05) is 61.5 Å². The Kier molecular flexibility index (Phi) is 9.41. The van der Waals surface area contributed by atoms with Gasteiger partial charge in [-0.05, 0) is 53.9 Å². The van der Waals surface area contributed by atoms with E-state index in [0.29, 0.717) is 10.7 Å². The zero-order chi connectivity index (χ0) is 27.9. The molecule has 4 rings (SSSR count). The molecule has 1 unspecified atom stereocenters. The Bertz CT molecular complexity index is 1510. The minimum Gasteiger partial charge on any atom is -0.467 e. The van der Waals surface area contributed by atoms with Crippen LogP contribution in [0.2, 0.25) is 10.0 Å². The van der Waals surface area contributed by atoms with E-state index in [2.05, 4.69) is 10.0 Å². The summed E-state index contributed by atoms with van der Waals surface area (Å²) in [5.74, 6) is -1.10. The van der Waals surface area contributed by atoms with E-state index in [1.54, 1.807) is 30.3 Å². The highest BCUT2D eigenvalue weighted by atomic mass is 35.5. The van der Waals surface area contributed by atoms with Gasteiger partial charge in [0.2, 0.25) is 0 Å². The molecule has 4 aromatic carbocycles. The summed E-state index contributed by atoms with van der Waals surface area (Å²) in [6.45, 7) is 1.83. The highest BCUT2D eigenvalue weighted by Crippen LogP contribution is 2.27. The highest BCUT2D eigenvalue weighted by Gasteiger charge is 2.25. The molecule has 0 heterocycles. The second-order valence-corrected chi connectivity index (χ2v) is 10.8. The van der Waals surface area contributed by atoms with Crippen molar-refractivity contribution in [3.05, 3.63) is 118 Å². The summed E-state index contributed by atoms with van der Waals surface area (Å²) in [4.78, 5) is 26.3. The van der Waals surface area contributed by atoms with Crippen LogP contribution in [0.1, 0.15) is 21.5 Å². The van der Waals surface area contributed by atoms with Gasteiger partial charge in [0, 0.05) is 11.4 Å². The van der Waals surface area contributed by atoms with Crippen LogP contribution in [-0.4, -0.2) is 29.2 Å². The largest absolute Gasteiger partial charge is 0.467 e. The van der Waals surface area contributed by atoms with E-state index in [9.17, 15) is 13.8 Å². The van der Waals surface area contributed by atoms with Gasteiger partial charge in [0.1, 0.15) is 6.04 Å². The van der Waals surface area contributed by atoms with Crippen molar-refractivity contribution < 1.29 is 18.5 Å². The Morgan fingerprint density at radius 3 is 2.28 bits per heavy atom. The minimum absolute atomic E-state index is 0.217. The molecule has 1 amide bonds. The second kappa shape index (κ2) is 12.9. The lowest BCUT2D eigenvalue weighted by atomic mass is 10.0. The summed E-state index contributed by atoms with van der Waals surface area (Å²) in [5, 5.41) is 3.43. The Labute approximate surface area is 239 Å². The van der Waals surface area contributed by atoms with Gasteiger partial charge >= 0.3 is 5.97 Å². The molecule has 6 nitrogen and oxygen atoms in total. The molecule has 0 aliphatic carbocycles. The van der Waals surface area contributed by atoms with E-state index in [4.69, 9.17) is 27.9 Å². The lowest BCUT2D eigenvalue weighted by molar-refractivity contribution is -0.142. The zero-order valence-electron chi connectivity index (χ0n) is 21.2. The number of hydrogen-bond acceptors (Lipinski definition) is 4. The Hall–Kier alpha value is -3.65. The molecule has 39 heavy (non-hydrogen) atoms. The van der Waals surface area contributed by atoms with Gasteiger partial charge in [0.25, 0.3) is 5.91 Å². The summed E-state index contributed by atoms with van der Waals surface area (Å²) >= 11 is 12.2. The lowest BCUT2D eigenvalue weighted by Gasteiger charge is -2.19. The summed E-state index contributed by atoms with van der Waals surface area (Å²) in [5.41, 5.74) is 4.31. The third-order valence-corrected chi connectivity index (χ3v) is 7.83. The third-order valence-electron chi connectivity index (χ3n) is 6.01. The van der Waals surface area contributed by atoms with E-state index in [-0.39, 0.29) is 21.9 Å². The fraction of sp³-hybridized carbons (Fsp3) is 0.133. The van der Waals surface area contributed by atoms with Gasteiger partial charge in [-0.2, -0.15) is 0 Å². The average Bonchev–Trinajstić information content (AvgIpc) is 2.95. The highest BCUT2D eigenvalue weighted by molar-refractivity contribution is 7.86. The summed E-state index contributed by atoms with van der Waals surface area (Å²) in [6, 6.07) is 26.5. The molecule has 0 fully saturated rings. The summed E-state index contributed by atoms with van der Waals surface area (Å²) in [7, 11) is -0.525. The molecule has 0 bridgehead atoms. The topological polar surface area (TPSA) is 84.5 Å². The molecule has 0 saturated heterocycles. The first-order valence-corrected chi connectivity index (χ1v) is 13.9. The fourth-order valence-corrected chi connectivity index (χ4v) is 5.51. The maximum absolute atomic E-state index is 13.4. The van der Waals surface area contributed by atoms with Crippen molar-refractivity contribution in [2.45, 2.75) is 24.3 Å². The Morgan fingerprint density at radius 1 is 0.897 bits per heavy atom. The fourth-order valence-electron chi connectivity index (χ4n) is 3.98. The van der Waals surface area contributed by atoms with Crippen LogP contribution in [0.15, 0.2) is 95.9 Å². The zero-order valence-corrected chi connectivity index (χ0v) is 23.6. The number of benzene rings is 4. The molecule has 2 atom stereocenters. The molecule has 0 spiro atoms. The number of carbonyl (C=O) groups is 2. The monoisotopic (exact) mass is 580 g/mol. The summed E-state index contributed by atoms with van der Waals surface area (Å²) < 4.78 is 20.9. The first-order chi connectivity index (χ1) is 18.7. The van der Waals surface area contributed by atoms with Crippen molar-refractivity contribution in [3.63, 3.8) is 0 Å². The van der Waals surface area contributed by atoms with Crippen LogP contribution in [0.4, 0.5) is 5.69 Å². The Balaban J connectivity index is 1.54. The van der Waals surface area contributed by atoms with Crippen LogP contribution in [0.25, 0.3) is 11.1 Å². The van der Waals surface area contributed by atoms with Gasteiger partial charge in [-0.3, -0.25) is 4.79 Å². The van der Waals surface area contributed by atoms with Crippen molar-refractivity contribution >= 4 is 51.8 Å². The van der Waals surface area contributed by atoms with Gasteiger partial charge in [-0.25, -0.2) is 9.00 Å². The van der Waals surface area contributed by atoms with Crippen LogP contribution in [0, 0.1) is 6.92 Å². The molecular formula is C30H26Cl2N2O4S. The van der Waals surface area contributed by atoms with E-state index in [0.717, 1.165) is 22.3 Å². The molecule has 0 radical (unpaired) electrons. The number of nitrogens with one attached hydrogen (secondary N) is 2. The standard InChI is InChI=1S/C30H26Cl2N2O4S/c1-19-8-15-26(34-39(37)28-18-23(31)13-14-25(28)32)24(16-19)29(35)33-27(30(36)38-2)17-20-9-11-22(12-10-20)21-6-4-3-5-7-21/h3-16,18,27,34H,17H2,1-2H3,(H,33,35)/t27-,39?/m0/s1. The number of anilines is 1. The normalized spacial score (nSPS) is 12.3. The maximum atomic E-state index is 13.4. The maximum Gasteiger partial charge on any atom is 0.328 e. The quantitative estimate of drug-likeness (QED) is 0.218. The van der Waals surface area contributed by atoms with Crippen molar-refractivity contribution in [2.75, 3.05) is 11.8 Å². The number of rotatable bonds is 9. The number of aryl methyl sites for hydroxylation is 1. The number of hydrogen-bond donors (Lipinski definition) is 2. The van der Waals surface area contributed by atoms with E-state index in [1.165, 1.54) is 13.2 Å². The second-order valence-electron chi connectivity index (χ2n) is 8.81. The van der Waals surface area contributed by atoms with Gasteiger partial charge in [-0.15, -0.1) is 0 Å². The molecular weight excluding hydrogens is 555 g/mol. The van der Waals surface area contributed by atoms with E-state index >= 15 is 0 Å². The van der Waals surface area contributed by atoms with Crippen LogP contribution in [0.5, 0.6) is 0 Å². The average molecular weight is 582 g/mol. The molecule has 200 valence electrons. The Morgan fingerprint density at radius 2 is 1.59 bits per heavy atom. The van der Waals surface area contributed by atoms with Crippen molar-refractivity contribution in [1.29, 1.82) is 0 Å². The first-order valence-electron chi connectivity index (χ1n) is 12.0. The molecule has 0 saturated carbocycles. The van der Waals surface area contributed by atoms with Crippen molar-refractivity contribution in [2.24, 2.45) is 0 Å². The van der Waals surface area contributed by atoms with Gasteiger partial charge in [-0.1, -0.05) is 89.4 Å². The number of halogens is 2. The smallest absolute Gasteiger partial charge is 0.328 e. The molecule has 9 heteroatoms. The van der Waals surface area contributed by atoms with Gasteiger partial charge in [0.05, 0.1) is 28.3 Å². The number of ether oxygens (including phenoxy) is 1. The van der Waals surface area contributed by atoms with Crippen molar-refractivity contribution in [3.8, 4) is 11.1 Å². The predicted octanol–water partition coefficient (Wildman–Crippen LogP) is 6.62. The molecule has 4 aromatic rings.